The summed E-state index contributed by atoms with van der Waals surface area (Å²) in [5, 5.41) is 5.16. The fourth-order valence-electron chi connectivity index (χ4n) is 4.23. The van der Waals surface area contributed by atoms with E-state index >= 15 is 0 Å². The molecule has 0 unspecified atom stereocenters. The number of anilines is 1. The number of carbonyl (C=O) groups excluding carboxylic acids is 1. The Balaban J connectivity index is 1.33. The first-order valence-electron chi connectivity index (χ1n) is 10.8. The van der Waals surface area contributed by atoms with Gasteiger partial charge in [0.25, 0.3) is 5.91 Å². The van der Waals surface area contributed by atoms with Gasteiger partial charge in [0.1, 0.15) is 5.75 Å². The van der Waals surface area contributed by atoms with Crippen LogP contribution in [0.4, 0.5) is 5.69 Å². The number of fused-ring (bicyclic) bond motifs is 1. The first-order valence-corrected chi connectivity index (χ1v) is 10.8. The highest BCUT2D eigenvalue weighted by molar-refractivity contribution is 5.88. The molecule has 3 aromatic rings. The van der Waals surface area contributed by atoms with Crippen molar-refractivity contribution in [3.63, 3.8) is 0 Å². The molecule has 0 aliphatic carbocycles. The maximum absolute atomic E-state index is 12.4. The van der Waals surface area contributed by atoms with Crippen LogP contribution in [0, 0.1) is 5.92 Å². The lowest BCUT2D eigenvalue weighted by molar-refractivity contribution is -0.123. The van der Waals surface area contributed by atoms with Crippen LogP contribution in [0.3, 0.4) is 0 Å². The third-order valence-electron chi connectivity index (χ3n) is 5.90. The van der Waals surface area contributed by atoms with E-state index in [-0.39, 0.29) is 18.6 Å². The summed E-state index contributed by atoms with van der Waals surface area (Å²) in [6.07, 6.45) is 2.57. The molecule has 1 aliphatic rings. The van der Waals surface area contributed by atoms with E-state index in [1.807, 2.05) is 49.4 Å². The molecule has 4 rings (SSSR count). The van der Waals surface area contributed by atoms with Gasteiger partial charge in [-0.25, -0.2) is 0 Å². The van der Waals surface area contributed by atoms with Gasteiger partial charge in [-0.3, -0.25) is 4.79 Å². The molecule has 156 valence electrons. The van der Waals surface area contributed by atoms with Crippen molar-refractivity contribution in [2.24, 2.45) is 5.92 Å². The Morgan fingerprint density at radius 1 is 1.10 bits per heavy atom. The SMILES string of the molecule is C[C@H]1CCCN(c2ccc([C@@H](C)NC(=O)COc3cccc4ccccc34)cc2)C1. The second-order valence-corrected chi connectivity index (χ2v) is 8.34. The van der Waals surface area contributed by atoms with Crippen molar-refractivity contribution in [3.05, 3.63) is 72.3 Å². The lowest BCUT2D eigenvalue weighted by Crippen LogP contribution is -2.34. The minimum absolute atomic E-state index is 0.00208. The molecule has 0 radical (unpaired) electrons. The zero-order chi connectivity index (χ0) is 20.9. The summed E-state index contributed by atoms with van der Waals surface area (Å²) in [5.74, 6) is 1.36. The van der Waals surface area contributed by atoms with E-state index in [0.717, 1.165) is 41.1 Å². The maximum atomic E-state index is 12.4. The molecule has 4 nitrogen and oxygen atoms in total. The van der Waals surface area contributed by atoms with Crippen molar-refractivity contribution in [2.75, 3.05) is 24.6 Å². The van der Waals surface area contributed by atoms with Crippen LogP contribution in [0.1, 0.15) is 38.3 Å². The van der Waals surface area contributed by atoms with Crippen molar-refractivity contribution in [1.29, 1.82) is 0 Å². The van der Waals surface area contributed by atoms with Crippen LogP contribution < -0.4 is 15.0 Å². The number of nitrogens with zero attached hydrogens (tertiary/aromatic N) is 1. The topological polar surface area (TPSA) is 41.6 Å². The third kappa shape index (κ3) is 4.76. The van der Waals surface area contributed by atoms with Gasteiger partial charge in [0, 0.05) is 24.2 Å². The van der Waals surface area contributed by atoms with E-state index in [0.29, 0.717) is 0 Å². The van der Waals surface area contributed by atoms with Gasteiger partial charge in [0.2, 0.25) is 0 Å². The number of piperidine rings is 1. The van der Waals surface area contributed by atoms with Crippen LogP contribution in [0.15, 0.2) is 66.7 Å². The van der Waals surface area contributed by atoms with Crippen molar-refractivity contribution in [3.8, 4) is 5.75 Å². The molecule has 2 atom stereocenters. The maximum Gasteiger partial charge on any atom is 0.258 e. The number of benzene rings is 3. The van der Waals surface area contributed by atoms with E-state index in [4.69, 9.17) is 4.74 Å². The molecule has 0 spiro atoms. The Hall–Kier alpha value is -3.01. The van der Waals surface area contributed by atoms with E-state index in [1.165, 1.54) is 18.5 Å². The standard InChI is InChI=1S/C26H30N2O2/c1-19-7-6-16-28(17-19)23-14-12-21(13-15-23)20(2)27-26(29)18-30-25-11-5-9-22-8-3-4-10-24(22)25/h3-5,8-15,19-20H,6-7,16-18H2,1-2H3,(H,27,29)/t19-,20+/m0/s1. The van der Waals surface area contributed by atoms with Gasteiger partial charge in [-0.2, -0.15) is 0 Å². The number of amides is 1. The molecule has 1 fully saturated rings. The van der Waals surface area contributed by atoms with Crippen LogP contribution in [0.2, 0.25) is 0 Å². The molecular weight excluding hydrogens is 372 g/mol. The second kappa shape index (κ2) is 9.21. The molecule has 1 amide bonds. The van der Waals surface area contributed by atoms with Crippen LogP contribution >= 0.6 is 0 Å². The highest BCUT2D eigenvalue weighted by atomic mass is 16.5. The monoisotopic (exact) mass is 402 g/mol. The smallest absolute Gasteiger partial charge is 0.258 e. The molecule has 3 aromatic carbocycles. The summed E-state index contributed by atoms with van der Waals surface area (Å²) in [7, 11) is 0. The summed E-state index contributed by atoms with van der Waals surface area (Å²) in [6.45, 7) is 6.58. The fourth-order valence-corrected chi connectivity index (χ4v) is 4.23. The Bertz CT molecular complexity index is 994. The minimum atomic E-state index is -0.121. The van der Waals surface area contributed by atoms with Gasteiger partial charge >= 0.3 is 0 Å². The summed E-state index contributed by atoms with van der Waals surface area (Å²) >= 11 is 0. The lowest BCUT2D eigenvalue weighted by atomic mass is 9.99. The van der Waals surface area contributed by atoms with E-state index in [2.05, 4.69) is 41.4 Å². The van der Waals surface area contributed by atoms with E-state index in [9.17, 15) is 4.79 Å². The molecule has 4 heteroatoms. The largest absolute Gasteiger partial charge is 0.483 e. The molecule has 1 aliphatic heterocycles. The molecule has 0 saturated carbocycles. The van der Waals surface area contributed by atoms with Gasteiger partial charge < -0.3 is 15.0 Å². The number of rotatable bonds is 6. The number of hydrogen-bond acceptors (Lipinski definition) is 3. The molecule has 0 aromatic heterocycles. The predicted octanol–water partition coefficient (Wildman–Crippen LogP) is 5.33. The fraction of sp³-hybridized carbons (Fsp3) is 0.346. The first-order chi connectivity index (χ1) is 14.6. The lowest BCUT2D eigenvalue weighted by Gasteiger charge is -2.33. The third-order valence-corrected chi connectivity index (χ3v) is 5.90. The zero-order valence-corrected chi connectivity index (χ0v) is 17.8. The second-order valence-electron chi connectivity index (χ2n) is 8.34. The molecule has 30 heavy (non-hydrogen) atoms. The Morgan fingerprint density at radius 3 is 2.67 bits per heavy atom. The van der Waals surface area contributed by atoms with Gasteiger partial charge in [-0.05, 0) is 54.8 Å². The Morgan fingerprint density at radius 2 is 1.87 bits per heavy atom. The van der Waals surface area contributed by atoms with Crippen LogP contribution in [-0.2, 0) is 4.79 Å². The molecule has 1 saturated heterocycles. The number of hydrogen-bond donors (Lipinski definition) is 1. The van der Waals surface area contributed by atoms with Gasteiger partial charge in [0.15, 0.2) is 6.61 Å². The number of nitrogens with one attached hydrogen (secondary N) is 1. The van der Waals surface area contributed by atoms with Gasteiger partial charge in [-0.1, -0.05) is 55.5 Å². The average molecular weight is 403 g/mol. The van der Waals surface area contributed by atoms with Crippen LogP contribution in [0.5, 0.6) is 5.75 Å². The van der Waals surface area contributed by atoms with Gasteiger partial charge in [-0.15, -0.1) is 0 Å². The molecule has 0 bridgehead atoms. The summed E-state index contributed by atoms with van der Waals surface area (Å²) < 4.78 is 5.81. The Labute approximate surface area is 178 Å². The minimum Gasteiger partial charge on any atom is -0.483 e. The van der Waals surface area contributed by atoms with E-state index in [1.54, 1.807) is 0 Å². The van der Waals surface area contributed by atoms with Crippen LogP contribution in [0.25, 0.3) is 10.8 Å². The summed E-state index contributed by atoms with van der Waals surface area (Å²) in [4.78, 5) is 14.9. The van der Waals surface area contributed by atoms with Gasteiger partial charge in [0.05, 0.1) is 6.04 Å². The quantitative estimate of drug-likeness (QED) is 0.606. The molecule has 1 heterocycles. The van der Waals surface area contributed by atoms with Crippen molar-refractivity contribution >= 4 is 22.4 Å². The zero-order valence-electron chi connectivity index (χ0n) is 17.8. The molecular formula is C26H30N2O2. The predicted molar refractivity (Wildman–Crippen MR) is 123 cm³/mol. The Kier molecular flexibility index (Phi) is 6.22. The van der Waals surface area contributed by atoms with Crippen molar-refractivity contribution < 1.29 is 9.53 Å². The highest BCUT2D eigenvalue weighted by Crippen LogP contribution is 2.26. The highest BCUT2D eigenvalue weighted by Gasteiger charge is 2.17. The molecule has 1 N–H and O–H groups in total. The van der Waals surface area contributed by atoms with Crippen molar-refractivity contribution in [2.45, 2.75) is 32.7 Å². The number of carbonyl (C=O) groups is 1. The van der Waals surface area contributed by atoms with Crippen molar-refractivity contribution in [1.82, 2.24) is 5.32 Å². The first kappa shape index (κ1) is 20.3. The van der Waals surface area contributed by atoms with Crippen LogP contribution in [-0.4, -0.2) is 25.6 Å². The normalized spacial score (nSPS) is 17.5. The average Bonchev–Trinajstić information content (AvgIpc) is 2.77. The number of ether oxygens (including phenoxy) is 1. The summed E-state index contributed by atoms with van der Waals surface area (Å²) in [6, 6.07) is 22.4. The van der Waals surface area contributed by atoms with E-state index < -0.39 is 0 Å². The summed E-state index contributed by atoms with van der Waals surface area (Å²) in [5.41, 5.74) is 2.37.